The molecule has 0 amide bonds. The van der Waals surface area contributed by atoms with Gasteiger partial charge in [-0.15, -0.1) is 0 Å². The quantitative estimate of drug-likeness (QED) is 0.775. The zero-order valence-electron chi connectivity index (χ0n) is 7.75. The Morgan fingerprint density at radius 2 is 2.23 bits per heavy atom. The van der Waals surface area contributed by atoms with Crippen molar-refractivity contribution in [1.29, 1.82) is 0 Å². The van der Waals surface area contributed by atoms with Gasteiger partial charge in [0.1, 0.15) is 11.6 Å². The van der Waals surface area contributed by atoms with Crippen LogP contribution < -0.4 is 4.74 Å². The van der Waals surface area contributed by atoms with Gasteiger partial charge < -0.3 is 9.84 Å². The first-order valence-electron chi connectivity index (χ1n) is 4.14. The largest absolute Gasteiger partial charge is 0.497 e. The first kappa shape index (κ1) is 9.99. The van der Waals surface area contributed by atoms with E-state index in [0.29, 0.717) is 17.7 Å². The van der Waals surface area contributed by atoms with Crippen LogP contribution in [0, 0.1) is 5.82 Å². The maximum Gasteiger partial charge on any atom is 0.130 e. The first-order valence-corrected chi connectivity index (χ1v) is 4.14. The highest BCUT2D eigenvalue weighted by Crippen LogP contribution is 2.17. The number of aliphatic hydroxyl groups excluding tert-OH is 1. The number of hydrogen-bond acceptors (Lipinski definition) is 2. The van der Waals surface area contributed by atoms with Crippen molar-refractivity contribution in [3.05, 3.63) is 29.6 Å². The van der Waals surface area contributed by atoms with Gasteiger partial charge >= 0.3 is 0 Å². The SMILES string of the molecule is COc1ccc(C[C@@H](C)O)c(F)c1. The summed E-state index contributed by atoms with van der Waals surface area (Å²) in [6.45, 7) is 1.63. The summed E-state index contributed by atoms with van der Waals surface area (Å²) in [6.07, 6.45) is -0.196. The molecule has 0 radical (unpaired) electrons. The summed E-state index contributed by atoms with van der Waals surface area (Å²) in [6, 6.07) is 4.62. The van der Waals surface area contributed by atoms with E-state index in [-0.39, 0.29) is 5.82 Å². The van der Waals surface area contributed by atoms with Gasteiger partial charge in [-0.1, -0.05) is 6.07 Å². The van der Waals surface area contributed by atoms with Gasteiger partial charge in [0.05, 0.1) is 13.2 Å². The Kier molecular flexibility index (Phi) is 3.25. The third kappa shape index (κ3) is 2.70. The van der Waals surface area contributed by atoms with Gasteiger partial charge in [0, 0.05) is 12.5 Å². The van der Waals surface area contributed by atoms with Gasteiger partial charge in [-0.2, -0.15) is 0 Å². The van der Waals surface area contributed by atoms with Gasteiger partial charge in [-0.25, -0.2) is 4.39 Å². The molecule has 0 saturated carbocycles. The van der Waals surface area contributed by atoms with Crippen LogP contribution in [0.1, 0.15) is 12.5 Å². The van der Waals surface area contributed by atoms with Gasteiger partial charge in [0.25, 0.3) is 0 Å². The van der Waals surface area contributed by atoms with Crippen molar-refractivity contribution >= 4 is 0 Å². The Morgan fingerprint density at radius 1 is 1.54 bits per heavy atom. The molecule has 0 saturated heterocycles. The van der Waals surface area contributed by atoms with Crippen molar-refractivity contribution < 1.29 is 14.2 Å². The molecule has 2 nitrogen and oxygen atoms in total. The molecule has 0 unspecified atom stereocenters. The Morgan fingerprint density at radius 3 is 2.69 bits per heavy atom. The van der Waals surface area contributed by atoms with E-state index < -0.39 is 6.10 Å². The molecule has 1 aromatic carbocycles. The molecule has 0 aliphatic carbocycles. The second-order valence-electron chi connectivity index (χ2n) is 3.01. The molecule has 1 aromatic rings. The average molecular weight is 184 g/mol. The fourth-order valence-electron chi connectivity index (χ4n) is 1.14. The minimum Gasteiger partial charge on any atom is -0.497 e. The molecule has 0 aliphatic heterocycles. The topological polar surface area (TPSA) is 29.5 Å². The molecule has 0 bridgehead atoms. The summed E-state index contributed by atoms with van der Waals surface area (Å²) < 4.78 is 18.1. The summed E-state index contributed by atoms with van der Waals surface area (Å²) in [4.78, 5) is 0. The summed E-state index contributed by atoms with van der Waals surface area (Å²) in [5.74, 6) is 0.159. The Bertz CT molecular complexity index is 284. The molecule has 0 aliphatic rings. The van der Waals surface area contributed by atoms with Gasteiger partial charge in [0.15, 0.2) is 0 Å². The summed E-state index contributed by atoms with van der Waals surface area (Å²) >= 11 is 0. The van der Waals surface area contributed by atoms with Crippen LogP contribution in [0.2, 0.25) is 0 Å². The van der Waals surface area contributed by atoms with Crippen molar-refractivity contribution in [1.82, 2.24) is 0 Å². The highest BCUT2D eigenvalue weighted by atomic mass is 19.1. The van der Waals surface area contributed by atoms with E-state index in [9.17, 15) is 4.39 Å². The average Bonchev–Trinajstić information content (AvgIpc) is 2.08. The third-order valence-corrected chi connectivity index (χ3v) is 1.78. The van der Waals surface area contributed by atoms with E-state index in [0.717, 1.165) is 0 Å². The molecular formula is C10H13FO2. The van der Waals surface area contributed by atoms with Crippen molar-refractivity contribution in [3.63, 3.8) is 0 Å². The lowest BCUT2D eigenvalue weighted by molar-refractivity contribution is 0.194. The number of halogens is 1. The zero-order valence-corrected chi connectivity index (χ0v) is 7.75. The van der Waals surface area contributed by atoms with E-state index >= 15 is 0 Å². The molecule has 1 N–H and O–H groups in total. The lowest BCUT2D eigenvalue weighted by Crippen LogP contribution is -2.05. The summed E-state index contributed by atoms with van der Waals surface area (Å²) in [5.41, 5.74) is 0.510. The van der Waals surface area contributed by atoms with Crippen LogP contribution in [0.4, 0.5) is 4.39 Å². The second kappa shape index (κ2) is 4.23. The smallest absolute Gasteiger partial charge is 0.130 e. The molecule has 13 heavy (non-hydrogen) atoms. The number of rotatable bonds is 3. The van der Waals surface area contributed by atoms with E-state index in [2.05, 4.69) is 0 Å². The van der Waals surface area contributed by atoms with Crippen LogP contribution in [-0.2, 0) is 6.42 Å². The summed E-state index contributed by atoms with van der Waals surface area (Å²) in [5, 5.41) is 9.06. The molecular weight excluding hydrogens is 171 g/mol. The number of methoxy groups -OCH3 is 1. The number of benzene rings is 1. The molecule has 3 heteroatoms. The maximum atomic E-state index is 13.2. The third-order valence-electron chi connectivity index (χ3n) is 1.78. The highest BCUT2D eigenvalue weighted by molar-refractivity contribution is 5.29. The molecule has 1 atom stereocenters. The Labute approximate surface area is 77.0 Å². The molecule has 72 valence electrons. The number of hydrogen-bond donors (Lipinski definition) is 1. The van der Waals surface area contributed by atoms with Crippen molar-refractivity contribution in [2.45, 2.75) is 19.4 Å². The highest BCUT2D eigenvalue weighted by Gasteiger charge is 2.06. The van der Waals surface area contributed by atoms with Crippen molar-refractivity contribution in [2.24, 2.45) is 0 Å². The lowest BCUT2D eigenvalue weighted by Gasteiger charge is -2.06. The fraction of sp³-hybridized carbons (Fsp3) is 0.400. The van der Waals surface area contributed by atoms with Crippen LogP contribution in [0.5, 0.6) is 5.75 Å². The molecule has 0 heterocycles. The van der Waals surface area contributed by atoms with Crippen LogP contribution in [0.15, 0.2) is 18.2 Å². The lowest BCUT2D eigenvalue weighted by atomic mass is 10.1. The predicted octanol–water partition coefficient (Wildman–Crippen LogP) is 1.76. The van der Waals surface area contributed by atoms with Crippen LogP contribution in [0.25, 0.3) is 0 Å². The van der Waals surface area contributed by atoms with E-state index in [1.165, 1.54) is 13.2 Å². The monoisotopic (exact) mass is 184 g/mol. The minimum absolute atomic E-state index is 0.329. The van der Waals surface area contributed by atoms with Crippen molar-refractivity contribution in [2.75, 3.05) is 7.11 Å². The standard InChI is InChI=1S/C10H13FO2/c1-7(12)5-8-3-4-9(13-2)6-10(8)11/h3-4,6-7,12H,5H2,1-2H3/t7-/m1/s1. The fourth-order valence-corrected chi connectivity index (χ4v) is 1.14. The number of aliphatic hydroxyl groups is 1. The van der Waals surface area contributed by atoms with Crippen LogP contribution >= 0.6 is 0 Å². The molecule has 0 spiro atoms. The maximum absolute atomic E-state index is 13.2. The van der Waals surface area contributed by atoms with E-state index in [1.54, 1.807) is 19.1 Å². The minimum atomic E-state index is -0.525. The van der Waals surface area contributed by atoms with Gasteiger partial charge in [-0.05, 0) is 18.6 Å². The van der Waals surface area contributed by atoms with Gasteiger partial charge in [0.2, 0.25) is 0 Å². The van der Waals surface area contributed by atoms with Crippen molar-refractivity contribution in [3.8, 4) is 5.75 Å². The van der Waals surface area contributed by atoms with E-state index in [1.807, 2.05) is 0 Å². The molecule has 1 rings (SSSR count). The van der Waals surface area contributed by atoms with Gasteiger partial charge in [-0.3, -0.25) is 0 Å². The van der Waals surface area contributed by atoms with E-state index in [4.69, 9.17) is 9.84 Å². The molecule has 0 aromatic heterocycles. The Balaban J connectivity index is 2.85. The number of ether oxygens (including phenoxy) is 1. The van der Waals surface area contributed by atoms with Crippen LogP contribution in [-0.4, -0.2) is 18.3 Å². The second-order valence-corrected chi connectivity index (χ2v) is 3.01. The normalized spacial score (nSPS) is 12.6. The summed E-state index contributed by atoms with van der Waals surface area (Å²) in [7, 11) is 1.49. The predicted molar refractivity (Wildman–Crippen MR) is 48.3 cm³/mol. The molecule has 0 fully saturated rings. The van der Waals surface area contributed by atoms with Crippen LogP contribution in [0.3, 0.4) is 0 Å². The Hall–Kier alpha value is -1.09. The zero-order chi connectivity index (χ0) is 9.84. The first-order chi connectivity index (χ1) is 6.13.